The number of likely N-dealkylation sites (tertiary alicyclic amines) is 1. The Morgan fingerprint density at radius 3 is 2.09 bits per heavy atom. The van der Waals surface area contributed by atoms with Gasteiger partial charge in [0.25, 0.3) is 0 Å². The van der Waals surface area contributed by atoms with E-state index in [-0.39, 0.29) is 6.10 Å². The molecule has 2 aliphatic heterocycles. The summed E-state index contributed by atoms with van der Waals surface area (Å²) in [5.41, 5.74) is 0.569. The third-order valence-electron chi connectivity index (χ3n) is 6.39. The van der Waals surface area contributed by atoms with Crippen LogP contribution in [0.4, 0.5) is 0 Å². The molecule has 2 N–H and O–H groups in total. The monoisotopic (exact) mass is 324 g/mol. The van der Waals surface area contributed by atoms with Gasteiger partial charge in [0.2, 0.25) is 0 Å². The van der Waals surface area contributed by atoms with E-state index >= 15 is 0 Å². The van der Waals surface area contributed by atoms with Gasteiger partial charge in [0.1, 0.15) is 0 Å². The third-order valence-corrected chi connectivity index (χ3v) is 6.39. The van der Waals surface area contributed by atoms with E-state index in [1.807, 2.05) is 13.8 Å². The Morgan fingerprint density at radius 2 is 1.57 bits per heavy atom. The summed E-state index contributed by atoms with van der Waals surface area (Å²) >= 11 is 0. The maximum Gasteiger partial charge on any atom is 0.0628 e. The Hall–Kier alpha value is -0.160. The highest BCUT2D eigenvalue weighted by atomic mass is 16.5. The molecular formula is C19H36N2O2. The van der Waals surface area contributed by atoms with Crippen molar-refractivity contribution in [3.8, 4) is 0 Å². The van der Waals surface area contributed by atoms with Crippen LogP contribution in [0.25, 0.3) is 0 Å². The number of hydrogen-bond acceptors (Lipinski definition) is 4. The van der Waals surface area contributed by atoms with Crippen LogP contribution in [-0.2, 0) is 4.74 Å². The van der Waals surface area contributed by atoms with Gasteiger partial charge in [-0.2, -0.15) is 0 Å². The van der Waals surface area contributed by atoms with E-state index in [0.717, 1.165) is 18.8 Å². The molecular weight excluding hydrogens is 288 g/mol. The Kier molecular flexibility index (Phi) is 6.00. The molecule has 4 aliphatic rings. The Balaban J connectivity index is 0.000000753. The molecule has 4 rings (SSSR count). The Bertz CT molecular complexity index is 352. The van der Waals surface area contributed by atoms with Crippen molar-refractivity contribution in [2.45, 2.75) is 89.1 Å². The van der Waals surface area contributed by atoms with Crippen molar-refractivity contribution in [1.29, 1.82) is 0 Å². The highest BCUT2D eigenvalue weighted by molar-refractivity contribution is 5.09. The number of nitrogens with zero attached hydrogens (tertiary/aromatic N) is 1. The van der Waals surface area contributed by atoms with Crippen molar-refractivity contribution in [2.75, 3.05) is 26.2 Å². The van der Waals surface area contributed by atoms with E-state index in [1.165, 1.54) is 64.7 Å². The molecule has 0 aromatic heterocycles. The minimum absolute atomic E-state index is 0.0928. The summed E-state index contributed by atoms with van der Waals surface area (Å²) in [6, 6.07) is 0. The van der Waals surface area contributed by atoms with Crippen LogP contribution >= 0.6 is 0 Å². The zero-order valence-corrected chi connectivity index (χ0v) is 15.1. The lowest BCUT2D eigenvalue weighted by Gasteiger charge is -2.44. The van der Waals surface area contributed by atoms with E-state index in [9.17, 15) is 5.11 Å². The van der Waals surface area contributed by atoms with Crippen LogP contribution in [-0.4, -0.2) is 60.0 Å². The molecule has 0 aromatic rings. The Morgan fingerprint density at radius 1 is 0.957 bits per heavy atom. The van der Waals surface area contributed by atoms with Gasteiger partial charge >= 0.3 is 0 Å². The Labute approximate surface area is 142 Å². The number of ether oxygens (including phenoxy) is 1. The summed E-state index contributed by atoms with van der Waals surface area (Å²) in [5.74, 6) is 0.929. The third kappa shape index (κ3) is 3.92. The van der Waals surface area contributed by atoms with Crippen molar-refractivity contribution in [3.05, 3.63) is 0 Å². The molecule has 2 saturated heterocycles. The lowest BCUT2D eigenvalue weighted by atomic mass is 9.85. The SMILES string of the molecule is CC.OC1CC(OC2CCN(C3(C4CCNCC4)CC3)CC2)C1. The number of piperidine rings is 2. The molecule has 134 valence electrons. The topological polar surface area (TPSA) is 44.7 Å². The lowest BCUT2D eigenvalue weighted by Crippen LogP contribution is -2.51. The number of aliphatic hydroxyl groups is 1. The second-order valence-electron chi connectivity index (χ2n) is 7.70. The average molecular weight is 325 g/mol. The van der Waals surface area contributed by atoms with Crippen LogP contribution in [0.5, 0.6) is 0 Å². The molecule has 0 unspecified atom stereocenters. The summed E-state index contributed by atoms with van der Waals surface area (Å²) in [4.78, 5) is 2.80. The zero-order valence-electron chi connectivity index (χ0n) is 15.1. The summed E-state index contributed by atoms with van der Waals surface area (Å²) in [6.45, 7) is 8.89. The molecule has 0 bridgehead atoms. The van der Waals surface area contributed by atoms with Gasteiger partial charge in [-0.3, -0.25) is 4.90 Å². The minimum Gasteiger partial charge on any atom is -0.393 e. The van der Waals surface area contributed by atoms with Gasteiger partial charge in [0.15, 0.2) is 0 Å². The maximum atomic E-state index is 9.36. The molecule has 2 aliphatic carbocycles. The molecule has 0 spiro atoms. The molecule has 0 aromatic carbocycles. The predicted octanol–water partition coefficient (Wildman–Crippen LogP) is 2.55. The number of rotatable bonds is 4. The summed E-state index contributed by atoms with van der Waals surface area (Å²) < 4.78 is 6.13. The maximum absolute atomic E-state index is 9.36. The van der Waals surface area contributed by atoms with E-state index in [4.69, 9.17) is 4.74 Å². The quantitative estimate of drug-likeness (QED) is 0.834. The predicted molar refractivity (Wildman–Crippen MR) is 93.6 cm³/mol. The van der Waals surface area contributed by atoms with E-state index in [2.05, 4.69) is 10.2 Å². The molecule has 4 heteroatoms. The van der Waals surface area contributed by atoms with Gasteiger partial charge in [0.05, 0.1) is 18.3 Å². The van der Waals surface area contributed by atoms with Gasteiger partial charge < -0.3 is 15.2 Å². The van der Waals surface area contributed by atoms with Crippen LogP contribution in [0.15, 0.2) is 0 Å². The average Bonchev–Trinajstić information content (AvgIpc) is 3.39. The van der Waals surface area contributed by atoms with Crippen LogP contribution in [0.1, 0.15) is 65.2 Å². The fourth-order valence-corrected chi connectivity index (χ4v) is 4.83. The highest BCUT2D eigenvalue weighted by Gasteiger charge is 2.53. The fourth-order valence-electron chi connectivity index (χ4n) is 4.83. The van der Waals surface area contributed by atoms with Crippen molar-refractivity contribution < 1.29 is 9.84 Å². The van der Waals surface area contributed by atoms with Gasteiger partial charge in [-0.25, -0.2) is 0 Å². The van der Waals surface area contributed by atoms with E-state index in [1.54, 1.807) is 0 Å². The highest BCUT2D eigenvalue weighted by Crippen LogP contribution is 2.51. The minimum atomic E-state index is -0.0928. The van der Waals surface area contributed by atoms with Crippen molar-refractivity contribution >= 4 is 0 Å². The van der Waals surface area contributed by atoms with Gasteiger partial charge in [-0.1, -0.05) is 13.8 Å². The summed E-state index contributed by atoms with van der Waals surface area (Å²) in [7, 11) is 0. The van der Waals surface area contributed by atoms with Crippen LogP contribution < -0.4 is 5.32 Å². The van der Waals surface area contributed by atoms with Crippen molar-refractivity contribution in [2.24, 2.45) is 5.92 Å². The standard InChI is InChI=1S/C17H30N2O2.C2H6/c20-14-11-16(12-14)21-15-3-9-19(10-4-15)17(5-6-17)13-1-7-18-8-2-13;1-2/h13-16,18,20H,1-12H2;1-2H3. The van der Waals surface area contributed by atoms with Gasteiger partial charge in [-0.15, -0.1) is 0 Å². The first-order chi connectivity index (χ1) is 11.3. The summed E-state index contributed by atoms with van der Waals surface area (Å²) in [5, 5.41) is 12.9. The molecule has 2 saturated carbocycles. The first-order valence-corrected chi connectivity index (χ1v) is 10.1. The van der Waals surface area contributed by atoms with Crippen LogP contribution in [0.2, 0.25) is 0 Å². The van der Waals surface area contributed by atoms with Gasteiger partial charge in [-0.05, 0) is 70.4 Å². The smallest absolute Gasteiger partial charge is 0.0628 e. The molecule has 4 nitrogen and oxygen atoms in total. The van der Waals surface area contributed by atoms with Crippen molar-refractivity contribution in [1.82, 2.24) is 10.2 Å². The largest absolute Gasteiger partial charge is 0.393 e. The van der Waals surface area contributed by atoms with E-state index in [0.29, 0.717) is 17.7 Å². The number of aliphatic hydroxyl groups excluding tert-OH is 1. The second kappa shape index (κ2) is 7.81. The molecule has 0 radical (unpaired) electrons. The normalized spacial score (nSPS) is 35.1. The molecule has 23 heavy (non-hydrogen) atoms. The molecule has 0 atom stereocenters. The molecule has 2 heterocycles. The number of nitrogens with one attached hydrogen (secondary N) is 1. The van der Waals surface area contributed by atoms with E-state index < -0.39 is 0 Å². The first kappa shape index (κ1) is 17.7. The van der Waals surface area contributed by atoms with Crippen molar-refractivity contribution in [3.63, 3.8) is 0 Å². The lowest BCUT2D eigenvalue weighted by molar-refractivity contribution is -0.120. The number of hydrogen-bond donors (Lipinski definition) is 2. The molecule has 4 fully saturated rings. The zero-order chi connectivity index (χ0) is 16.3. The summed E-state index contributed by atoms with van der Waals surface area (Å²) in [6.07, 6.45) is 10.4. The van der Waals surface area contributed by atoms with Crippen LogP contribution in [0.3, 0.4) is 0 Å². The fraction of sp³-hybridized carbons (Fsp3) is 1.00. The molecule has 0 amide bonds. The van der Waals surface area contributed by atoms with Gasteiger partial charge in [0, 0.05) is 18.6 Å². The second-order valence-corrected chi connectivity index (χ2v) is 7.70. The van der Waals surface area contributed by atoms with Crippen LogP contribution in [0, 0.1) is 5.92 Å². The first-order valence-electron chi connectivity index (χ1n) is 10.1.